The van der Waals surface area contributed by atoms with E-state index >= 15 is 4.39 Å². The van der Waals surface area contributed by atoms with Crippen molar-refractivity contribution in [2.75, 3.05) is 11.9 Å². The van der Waals surface area contributed by atoms with Crippen LogP contribution in [0.15, 0.2) is 60.7 Å². The number of amides is 1. The molecular weight excluding hydrogens is 540 g/mol. The van der Waals surface area contributed by atoms with Gasteiger partial charge in [0.15, 0.2) is 0 Å². The van der Waals surface area contributed by atoms with Gasteiger partial charge in [-0.25, -0.2) is 9.18 Å². The van der Waals surface area contributed by atoms with E-state index in [4.69, 9.17) is 23.2 Å². The molecule has 2 unspecified atom stereocenters. The van der Waals surface area contributed by atoms with Gasteiger partial charge in [0.2, 0.25) is 5.91 Å². The molecule has 3 fully saturated rings. The maximum atomic E-state index is 15.9. The summed E-state index contributed by atoms with van der Waals surface area (Å²) >= 11 is 12.6. The molecule has 3 aromatic rings. The number of aromatic carboxylic acids is 1. The molecule has 9 heteroatoms. The molecule has 3 aliphatic heterocycles. The summed E-state index contributed by atoms with van der Waals surface area (Å²) in [4.78, 5) is 27.9. The third-order valence-corrected chi connectivity index (χ3v) is 9.49. The fourth-order valence-corrected chi connectivity index (χ4v) is 7.51. The second kappa shape index (κ2) is 9.03. The van der Waals surface area contributed by atoms with Crippen LogP contribution in [0.5, 0.6) is 0 Å². The van der Waals surface area contributed by atoms with Crippen molar-refractivity contribution in [2.45, 2.75) is 48.8 Å². The first-order valence-electron chi connectivity index (χ1n) is 13.2. The Hall–Kier alpha value is -2.97. The number of rotatable bonds is 5. The highest BCUT2D eigenvalue weighted by molar-refractivity contribution is 6.31. The fraction of sp³-hybridized carbons (Fsp3) is 0.333. The van der Waals surface area contributed by atoms with Gasteiger partial charge in [0.1, 0.15) is 11.4 Å². The van der Waals surface area contributed by atoms with Crippen LogP contribution in [-0.4, -0.2) is 40.5 Å². The minimum atomic E-state index is -1.13. The van der Waals surface area contributed by atoms with Gasteiger partial charge in [0.25, 0.3) is 0 Å². The maximum Gasteiger partial charge on any atom is 0.335 e. The lowest BCUT2D eigenvalue weighted by Crippen LogP contribution is -2.53. The van der Waals surface area contributed by atoms with E-state index in [9.17, 15) is 14.7 Å². The standard InChI is InChI=1S/C30H26Cl2FN3O3/c31-18-10-11-20-23(12-18)35-29(39)30(20)25(19-2-1-3-21(32)26(19)33)27-24(36(30)14-15-4-5-15)13-22(34-27)16-6-8-17(9-7-16)28(37)38/h1-3,6-12,15,22,24-25,27,34H,4-5,13-14H2,(H,35,39)(H,37,38)/t22-,24?,25+,27?,30-/m1/s1. The van der Waals surface area contributed by atoms with Gasteiger partial charge in [-0.3, -0.25) is 9.69 Å². The van der Waals surface area contributed by atoms with Crippen LogP contribution >= 0.6 is 23.2 Å². The highest BCUT2D eigenvalue weighted by atomic mass is 35.5. The van der Waals surface area contributed by atoms with E-state index < -0.39 is 23.2 Å². The van der Waals surface area contributed by atoms with Crippen molar-refractivity contribution in [3.05, 3.63) is 98.8 Å². The van der Waals surface area contributed by atoms with Crippen LogP contribution in [0, 0.1) is 11.7 Å². The summed E-state index contributed by atoms with van der Waals surface area (Å²) in [6.45, 7) is 0.724. The molecule has 0 aromatic heterocycles. The molecule has 39 heavy (non-hydrogen) atoms. The number of carboxylic acids is 1. The molecule has 3 N–H and O–H groups in total. The second-order valence-electron chi connectivity index (χ2n) is 11.1. The lowest BCUT2D eigenvalue weighted by Gasteiger charge is -2.41. The number of carbonyl (C=O) groups excluding carboxylic acids is 1. The van der Waals surface area contributed by atoms with Crippen LogP contribution in [-0.2, 0) is 10.3 Å². The summed E-state index contributed by atoms with van der Waals surface area (Å²) in [5, 5.41) is 16.7. The highest BCUT2D eigenvalue weighted by Gasteiger charge is 2.69. The van der Waals surface area contributed by atoms with Crippen molar-refractivity contribution >= 4 is 40.8 Å². The van der Waals surface area contributed by atoms with Crippen molar-refractivity contribution in [2.24, 2.45) is 5.92 Å². The van der Waals surface area contributed by atoms with Gasteiger partial charge in [-0.2, -0.15) is 0 Å². The van der Waals surface area contributed by atoms with E-state index in [-0.39, 0.29) is 34.6 Å². The first kappa shape index (κ1) is 25.0. The zero-order valence-electron chi connectivity index (χ0n) is 20.8. The number of hydrogen-bond acceptors (Lipinski definition) is 4. The molecular formula is C30H26Cl2FN3O3. The number of carboxylic acid groups (broad SMARTS) is 1. The molecule has 4 aliphatic rings. The minimum absolute atomic E-state index is 0.0217. The summed E-state index contributed by atoms with van der Waals surface area (Å²) in [5.41, 5.74) is 1.92. The Labute approximate surface area is 235 Å². The Morgan fingerprint density at radius 3 is 2.59 bits per heavy atom. The molecule has 1 saturated carbocycles. The van der Waals surface area contributed by atoms with Gasteiger partial charge in [-0.05, 0) is 66.6 Å². The molecule has 1 spiro atoms. The van der Waals surface area contributed by atoms with Crippen LogP contribution in [0.3, 0.4) is 0 Å². The monoisotopic (exact) mass is 565 g/mol. The van der Waals surface area contributed by atoms with Crippen LogP contribution in [0.25, 0.3) is 0 Å². The van der Waals surface area contributed by atoms with E-state index in [1.807, 2.05) is 18.2 Å². The largest absolute Gasteiger partial charge is 0.478 e. The molecule has 1 amide bonds. The Morgan fingerprint density at radius 1 is 1.10 bits per heavy atom. The number of likely N-dealkylation sites (tertiary alicyclic amines) is 1. The predicted octanol–water partition coefficient (Wildman–Crippen LogP) is 5.96. The number of nitrogens with one attached hydrogen (secondary N) is 2. The van der Waals surface area contributed by atoms with Crippen molar-refractivity contribution in [1.29, 1.82) is 0 Å². The first-order valence-corrected chi connectivity index (χ1v) is 14.0. The van der Waals surface area contributed by atoms with Gasteiger partial charge in [-0.15, -0.1) is 0 Å². The molecule has 1 aliphatic carbocycles. The molecule has 0 bridgehead atoms. The molecule has 0 radical (unpaired) electrons. The van der Waals surface area contributed by atoms with Crippen LogP contribution in [0.4, 0.5) is 10.1 Å². The van der Waals surface area contributed by atoms with Crippen molar-refractivity contribution < 1.29 is 19.1 Å². The number of benzene rings is 3. The van der Waals surface area contributed by atoms with Crippen LogP contribution in [0.1, 0.15) is 58.3 Å². The Bertz CT molecular complexity index is 1510. The van der Waals surface area contributed by atoms with Crippen molar-refractivity contribution in [3.63, 3.8) is 0 Å². The third-order valence-electron chi connectivity index (χ3n) is 8.96. The van der Waals surface area contributed by atoms with E-state index in [1.54, 1.807) is 36.4 Å². The summed E-state index contributed by atoms with van der Waals surface area (Å²) in [7, 11) is 0. The number of nitrogens with zero attached hydrogens (tertiary/aromatic N) is 1. The van der Waals surface area contributed by atoms with E-state index in [0.717, 1.165) is 30.5 Å². The van der Waals surface area contributed by atoms with Gasteiger partial charge in [0.05, 0.1) is 10.6 Å². The summed E-state index contributed by atoms with van der Waals surface area (Å²) in [5.74, 6) is -1.75. The fourth-order valence-electron chi connectivity index (χ4n) is 7.15. The molecule has 7 rings (SSSR count). The molecule has 3 heterocycles. The summed E-state index contributed by atoms with van der Waals surface area (Å²) in [6, 6.07) is 16.9. The molecule has 6 nitrogen and oxygen atoms in total. The van der Waals surface area contributed by atoms with Gasteiger partial charge in [0, 0.05) is 46.9 Å². The van der Waals surface area contributed by atoms with Gasteiger partial charge < -0.3 is 15.7 Å². The Balaban J connectivity index is 1.39. The van der Waals surface area contributed by atoms with Crippen molar-refractivity contribution in [1.82, 2.24) is 10.2 Å². The highest BCUT2D eigenvalue weighted by Crippen LogP contribution is 2.61. The van der Waals surface area contributed by atoms with E-state index in [0.29, 0.717) is 28.6 Å². The molecule has 200 valence electrons. The summed E-state index contributed by atoms with van der Waals surface area (Å²) in [6.07, 6.45) is 2.89. The Kier molecular flexibility index (Phi) is 5.79. The summed E-state index contributed by atoms with van der Waals surface area (Å²) < 4.78 is 15.9. The average molecular weight is 566 g/mol. The molecule has 5 atom stereocenters. The maximum absolute atomic E-state index is 15.9. The number of anilines is 1. The van der Waals surface area contributed by atoms with Crippen molar-refractivity contribution in [3.8, 4) is 0 Å². The lowest BCUT2D eigenvalue weighted by molar-refractivity contribution is -0.128. The van der Waals surface area contributed by atoms with Crippen LogP contribution in [0.2, 0.25) is 10.0 Å². The predicted molar refractivity (Wildman–Crippen MR) is 147 cm³/mol. The molecule has 3 aromatic carbocycles. The lowest BCUT2D eigenvalue weighted by atomic mass is 9.73. The third kappa shape index (κ3) is 3.74. The zero-order chi connectivity index (χ0) is 27.1. The Morgan fingerprint density at radius 2 is 1.87 bits per heavy atom. The normalized spacial score (nSPS) is 29.5. The number of hydrogen-bond donors (Lipinski definition) is 3. The average Bonchev–Trinajstić information content (AvgIpc) is 3.48. The van der Waals surface area contributed by atoms with Gasteiger partial charge >= 0.3 is 5.97 Å². The number of halogens is 3. The SMILES string of the molecule is O=C(O)c1ccc([C@H]2CC3C(N2)[C@H](c2cccc(Cl)c2F)[C@]2(C(=O)Nc4cc(Cl)ccc42)N3CC2CC2)cc1. The first-order chi connectivity index (χ1) is 18.8. The van der Waals surface area contributed by atoms with Gasteiger partial charge in [-0.1, -0.05) is 53.5 Å². The smallest absolute Gasteiger partial charge is 0.335 e. The number of carbonyl (C=O) groups is 2. The second-order valence-corrected chi connectivity index (χ2v) is 11.9. The number of fused-ring (bicyclic) bond motifs is 3. The van der Waals surface area contributed by atoms with Crippen LogP contribution < -0.4 is 10.6 Å². The van der Waals surface area contributed by atoms with E-state index in [2.05, 4.69) is 15.5 Å². The van der Waals surface area contributed by atoms with E-state index in [1.165, 1.54) is 6.07 Å². The topological polar surface area (TPSA) is 81.7 Å². The quantitative estimate of drug-likeness (QED) is 0.355. The zero-order valence-corrected chi connectivity index (χ0v) is 22.3. The molecule has 2 saturated heterocycles. The minimum Gasteiger partial charge on any atom is -0.478 e.